The van der Waals surface area contributed by atoms with Gasteiger partial charge >= 0.3 is 0 Å². The Kier molecular flexibility index (Phi) is 8.70. The van der Waals surface area contributed by atoms with Crippen molar-refractivity contribution in [3.8, 4) is 5.75 Å². The highest BCUT2D eigenvalue weighted by Gasteiger charge is 2.08. The van der Waals surface area contributed by atoms with E-state index in [1.54, 1.807) is 13.0 Å². The number of hydrazone groups is 1. The minimum atomic E-state index is -0.409. The van der Waals surface area contributed by atoms with E-state index in [0.29, 0.717) is 18.0 Å². The SMILES string of the molecule is C=CCNC(=O)CC(C)=NNC(=O)COc1cc(C)c(Br)cc1Br. The van der Waals surface area contributed by atoms with Crippen LogP contribution in [-0.2, 0) is 9.59 Å². The van der Waals surface area contributed by atoms with Crippen LogP contribution in [0.1, 0.15) is 18.9 Å². The second-order valence-corrected chi connectivity index (χ2v) is 6.68. The average Bonchev–Trinajstić information content (AvgIpc) is 2.53. The number of amides is 2. The number of ether oxygens (including phenoxy) is 1. The summed E-state index contributed by atoms with van der Waals surface area (Å²) in [6.45, 7) is 7.31. The van der Waals surface area contributed by atoms with Gasteiger partial charge in [-0.25, -0.2) is 5.43 Å². The largest absolute Gasteiger partial charge is 0.483 e. The molecule has 1 aromatic carbocycles. The van der Waals surface area contributed by atoms with Crippen molar-refractivity contribution in [2.75, 3.05) is 13.2 Å². The first-order valence-electron chi connectivity index (χ1n) is 7.11. The molecular weight excluding hydrogens is 442 g/mol. The molecule has 0 aliphatic carbocycles. The lowest BCUT2D eigenvalue weighted by molar-refractivity contribution is -0.123. The number of nitrogens with zero attached hydrogens (tertiary/aromatic N) is 1. The summed E-state index contributed by atoms with van der Waals surface area (Å²) in [5, 5.41) is 6.50. The summed E-state index contributed by atoms with van der Waals surface area (Å²) in [5.41, 5.74) is 3.84. The van der Waals surface area contributed by atoms with Crippen molar-refractivity contribution in [2.45, 2.75) is 20.3 Å². The maximum Gasteiger partial charge on any atom is 0.277 e. The van der Waals surface area contributed by atoms with E-state index in [-0.39, 0.29) is 18.9 Å². The van der Waals surface area contributed by atoms with Crippen LogP contribution < -0.4 is 15.5 Å². The Morgan fingerprint density at radius 2 is 2.00 bits per heavy atom. The molecule has 0 aromatic heterocycles. The standard InChI is InChI=1S/C16H19Br2N3O3/c1-4-5-19-15(22)7-11(3)20-21-16(23)9-24-14-6-10(2)12(17)8-13(14)18/h4,6,8H,1,5,7,9H2,2-3H3,(H,19,22)(H,21,23). The van der Waals surface area contributed by atoms with Crippen molar-refractivity contribution in [1.82, 2.24) is 10.7 Å². The maximum atomic E-state index is 11.8. The summed E-state index contributed by atoms with van der Waals surface area (Å²) in [4.78, 5) is 23.2. The summed E-state index contributed by atoms with van der Waals surface area (Å²) in [7, 11) is 0. The van der Waals surface area contributed by atoms with Crippen LogP contribution >= 0.6 is 31.9 Å². The van der Waals surface area contributed by atoms with E-state index in [1.165, 1.54) is 0 Å². The summed E-state index contributed by atoms with van der Waals surface area (Å²) >= 11 is 6.79. The molecular formula is C16H19Br2N3O3. The van der Waals surface area contributed by atoms with Crippen LogP contribution in [-0.4, -0.2) is 30.7 Å². The monoisotopic (exact) mass is 459 g/mol. The first kappa shape index (κ1) is 20.4. The number of hydrogen-bond donors (Lipinski definition) is 2. The molecule has 0 bridgehead atoms. The molecule has 8 heteroatoms. The van der Waals surface area contributed by atoms with Gasteiger partial charge in [-0.15, -0.1) is 6.58 Å². The highest BCUT2D eigenvalue weighted by Crippen LogP contribution is 2.31. The van der Waals surface area contributed by atoms with E-state index in [1.807, 2.05) is 19.1 Å². The van der Waals surface area contributed by atoms with E-state index in [2.05, 4.69) is 54.3 Å². The second kappa shape index (κ2) is 10.2. The molecule has 0 fully saturated rings. The molecule has 0 saturated carbocycles. The molecule has 1 aromatic rings. The van der Waals surface area contributed by atoms with Crippen LogP contribution in [0.2, 0.25) is 0 Å². The van der Waals surface area contributed by atoms with Gasteiger partial charge in [-0.2, -0.15) is 5.10 Å². The quantitative estimate of drug-likeness (QED) is 0.355. The summed E-state index contributed by atoms with van der Waals surface area (Å²) < 4.78 is 7.15. The zero-order valence-electron chi connectivity index (χ0n) is 13.5. The zero-order valence-corrected chi connectivity index (χ0v) is 16.7. The first-order valence-corrected chi connectivity index (χ1v) is 8.70. The third kappa shape index (κ3) is 7.27. The number of carbonyl (C=O) groups excluding carboxylic acids is 2. The molecule has 130 valence electrons. The normalized spacial score (nSPS) is 10.9. The van der Waals surface area contributed by atoms with Crippen molar-refractivity contribution < 1.29 is 14.3 Å². The molecule has 0 radical (unpaired) electrons. The third-order valence-electron chi connectivity index (χ3n) is 2.80. The highest BCUT2D eigenvalue weighted by atomic mass is 79.9. The molecule has 2 N–H and O–H groups in total. The predicted octanol–water partition coefficient (Wildman–Crippen LogP) is 3.08. The Hall–Kier alpha value is -1.67. The zero-order chi connectivity index (χ0) is 18.1. The first-order chi connectivity index (χ1) is 11.3. The molecule has 0 heterocycles. The van der Waals surface area contributed by atoms with Crippen LogP contribution in [0, 0.1) is 6.92 Å². The lowest BCUT2D eigenvalue weighted by atomic mass is 10.2. The Morgan fingerprint density at radius 3 is 2.67 bits per heavy atom. The van der Waals surface area contributed by atoms with Crippen LogP contribution in [0.5, 0.6) is 5.75 Å². The van der Waals surface area contributed by atoms with Crippen molar-refractivity contribution in [1.29, 1.82) is 0 Å². The van der Waals surface area contributed by atoms with Gasteiger partial charge in [-0.05, 0) is 47.5 Å². The molecule has 0 aliphatic rings. The maximum absolute atomic E-state index is 11.8. The summed E-state index contributed by atoms with van der Waals surface area (Å²) in [6.07, 6.45) is 1.69. The highest BCUT2D eigenvalue weighted by molar-refractivity contribution is 9.11. The van der Waals surface area contributed by atoms with E-state index in [4.69, 9.17) is 4.74 Å². The van der Waals surface area contributed by atoms with Gasteiger partial charge in [-0.1, -0.05) is 22.0 Å². The number of benzene rings is 1. The second-order valence-electron chi connectivity index (χ2n) is 4.97. The molecule has 0 aliphatic heterocycles. The van der Waals surface area contributed by atoms with Crippen molar-refractivity contribution in [3.05, 3.63) is 39.3 Å². The number of carbonyl (C=O) groups is 2. The average molecular weight is 461 g/mol. The molecule has 24 heavy (non-hydrogen) atoms. The van der Waals surface area contributed by atoms with E-state index >= 15 is 0 Å². The molecule has 2 amide bonds. The molecule has 0 atom stereocenters. The predicted molar refractivity (Wildman–Crippen MR) is 101 cm³/mol. The van der Waals surface area contributed by atoms with Gasteiger partial charge in [0.1, 0.15) is 5.75 Å². The number of hydrogen-bond acceptors (Lipinski definition) is 4. The Labute approximate surface area is 158 Å². The Bertz CT molecular complexity index is 660. The molecule has 0 saturated heterocycles. The minimum Gasteiger partial charge on any atom is -0.483 e. The lowest BCUT2D eigenvalue weighted by Gasteiger charge is -2.09. The fourth-order valence-corrected chi connectivity index (χ4v) is 2.70. The molecule has 1 rings (SSSR count). The van der Waals surface area contributed by atoms with Crippen molar-refractivity contribution in [2.24, 2.45) is 5.10 Å². The summed E-state index contributed by atoms with van der Waals surface area (Å²) in [5.74, 6) is -0.0282. The van der Waals surface area contributed by atoms with Gasteiger partial charge in [0, 0.05) is 16.7 Å². The van der Waals surface area contributed by atoms with Crippen LogP contribution in [0.15, 0.2) is 38.8 Å². The van der Waals surface area contributed by atoms with Crippen LogP contribution in [0.3, 0.4) is 0 Å². The molecule has 0 unspecified atom stereocenters. The number of rotatable bonds is 8. The smallest absolute Gasteiger partial charge is 0.277 e. The van der Waals surface area contributed by atoms with E-state index in [0.717, 1.165) is 14.5 Å². The number of halogens is 2. The van der Waals surface area contributed by atoms with Gasteiger partial charge in [-0.3, -0.25) is 9.59 Å². The number of nitrogens with one attached hydrogen (secondary N) is 2. The van der Waals surface area contributed by atoms with Crippen LogP contribution in [0.25, 0.3) is 0 Å². The van der Waals surface area contributed by atoms with Gasteiger partial charge in [0.05, 0.1) is 10.9 Å². The fraction of sp³-hybridized carbons (Fsp3) is 0.312. The van der Waals surface area contributed by atoms with Crippen molar-refractivity contribution in [3.63, 3.8) is 0 Å². The Balaban J connectivity index is 2.46. The molecule has 0 spiro atoms. The van der Waals surface area contributed by atoms with E-state index < -0.39 is 5.91 Å². The van der Waals surface area contributed by atoms with Crippen LogP contribution in [0.4, 0.5) is 0 Å². The van der Waals surface area contributed by atoms with Crippen molar-refractivity contribution >= 4 is 49.4 Å². The van der Waals surface area contributed by atoms with Gasteiger partial charge in [0.25, 0.3) is 5.91 Å². The lowest BCUT2D eigenvalue weighted by Crippen LogP contribution is -2.28. The van der Waals surface area contributed by atoms with Gasteiger partial charge in [0.2, 0.25) is 5.91 Å². The van der Waals surface area contributed by atoms with Gasteiger partial charge < -0.3 is 10.1 Å². The summed E-state index contributed by atoms with van der Waals surface area (Å²) in [6, 6.07) is 3.67. The topological polar surface area (TPSA) is 79.8 Å². The molecule has 6 nitrogen and oxygen atoms in total. The Morgan fingerprint density at radius 1 is 1.29 bits per heavy atom. The third-order valence-corrected chi connectivity index (χ3v) is 4.28. The van der Waals surface area contributed by atoms with Gasteiger partial charge in [0.15, 0.2) is 6.61 Å². The minimum absolute atomic E-state index is 0.104. The number of aryl methyl sites for hydroxylation is 1. The fourth-order valence-electron chi connectivity index (χ4n) is 1.60. The van der Waals surface area contributed by atoms with E-state index in [9.17, 15) is 9.59 Å².